The highest BCUT2D eigenvalue weighted by atomic mass is 32.1. The Bertz CT molecular complexity index is 1050. The first-order chi connectivity index (χ1) is 15.4. The summed E-state index contributed by atoms with van der Waals surface area (Å²) in [4.78, 5) is 21.6. The summed E-state index contributed by atoms with van der Waals surface area (Å²) >= 11 is 1.17. The standard InChI is InChI=1S/C22H22F3N3O3S/c23-22(24,25)31-17-6-7-18-19(15-17)32-21(26-18)28(9-8-27-10-12-30-13-11-27)20(29)14-16-4-2-1-3-5-16/h1-7,15H,8-14H2. The second-order valence-corrected chi connectivity index (χ2v) is 8.34. The number of hydrogen-bond donors (Lipinski definition) is 0. The molecule has 0 N–H and O–H groups in total. The number of rotatable bonds is 7. The number of morpholine rings is 1. The van der Waals surface area contributed by atoms with E-state index < -0.39 is 6.36 Å². The number of anilines is 1. The van der Waals surface area contributed by atoms with Gasteiger partial charge in [0.15, 0.2) is 5.13 Å². The maximum atomic E-state index is 13.2. The van der Waals surface area contributed by atoms with Gasteiger partial charge in [-0.05, 0) is 17.7 Å². The second-order valence-electron chi connectivity index (χ2n) is 7.34. The highest BCUT2D eigenvalue weighted by Crippen LogP contribution is 2.33. The van der Waals surface area contributed by atoms with Crippen molar-refractivity contribution in [1.82, 2.24) is 9.88 Å². The van der Waals surface area contributed by atoms with Crippen LogP contribution < -0.4 is 9.64 Å². The summed E-state index contributed by atoms with van der Waals surface area (Å²) in [5, 5.41) is 0.457. The van der Waals surface area contributed by atoms with E-state index in [1.807, 2.05) is 30.3 Å². The molecule has 0 atom stereocenters. The number of halogens is 3. The van der Waals surface area contributed by atoms with Crippen LogP contribution in [0.3, 0.4) is 0 Å². The molecule has 0 bridgehead atoms. The lowest BCUT2D eigenvalue weighted by atomic mass is 10.1. The van der Waals surface area contributed by atoms with E-state index >= 15 is 0 Å². The molecule has 3 aromatic rings. The summed E-state index contributed by atoms with van der Waals surface area (Å²) in [6.45, 7) is 3.97. The van der Waals surface area contributed by atoms with E-state index in [1.165, 1.54) is 29.5 Å². The molecule has 10 heteroatoms. The van der Waals surface area contributed by atoms with Crippen LogP contribution in [0.2, 0.25) is 0 Å². The largest absolute Gasteiger partial charge is 0.573 e. The summed E-state index contributed by atoms with van der Waals surface area (Å²) in [6, 6.07) is 13.4. The maximum absolute atomic E-state index is 13.2. The first-order valence-corrected chi connectivity index (χ1v) is 11.0. The second kappa shape index (κ2) is 9.85. The van der Waals surface area contributed by atoms with Crippen LogP contribution in [0.15, 0.2) is 48.5 Å². The minimum Gasteiger partial charge on any atom is -0.406 e. The van der Waals surface area contributed by atoms with Crippen LogP contribution in [-0.2, 0) is 16.0 Å². The number of carbonyl (C=O) groups is 1. The number of alkyl halides is 3. The number of ether oxygens (including phenoxy) is 2. The zero-order valence-corrected chi connectivity index (χ0v) is 18.0. The van der Waals surface area contributed by atoms with Crippen LogP contribution in [0, 0.1) is 0 Å². The van der Waals surface area contributed by atoms with Gasteiger partial charge in [0.1, 0.15) is 5.75 Å². The lowest BCUT2D eigenvalue weighted by Crippen LogP contribution is -2.43. The molecule has 0 saturated carbocycles. The van der Waals surface area contributed by atoms with Crippen LogP contribution >= 0.6 is 11.3 Å². The Morgan fingerprint density at radius 3 is 2.62 bits per heavy atom. The van der Waals surface area contributed by atoms with Crippen LogP contribution in [0.25, 0.3) is 10.2 Å². The Morgan fingerprint density at radius 2 is 1.91 bits per heavy atom. The van der Waals surface area contributed by atoms with Crippen LogP contribution in [0.4, 0.5) is 18.3 Å². The van der Waals surface area contributed by atoms with Gasteiger partial charge in [0.05, 0.1) is 29.9 Å². The molecule has 1 aliphatic heterocycles. The normalized spacial score (nSPS) is 15.1. The van der Waals surface area contributed by atoms with Crippen molar-refractivity contribution in [1.29, 1.82) is 0 Å². The number of amides is 1. The van der Waals surface area contributed by atoms with Gasteiger partial charge >= 0.3 is 6.36 Å². The molecule has 1 fully saturated rings. The van der Waals surface area contributed by atoms with Gasteiger partial charge in [0.25, 0.3) is 0 Å². The molecule has 4 rings (SSSR count). The molecule has 0 unspecified atom stereocenters. The first-order valence-electron chi connectivity index (χ1n) is 10.2. The SMILES string of the molecule is O=C(Cc1ccccc1)N(CCN1CCOCC1)c1nc2ccc(OC(F)(F)F)cc2s1. The Morgan fingerprint density at radius 1 is 1.16 bits per heavy atom. The number of benzene rings is 2. The third-order valence-corrected chi connectivity index (χ3v) is 6.10. The Hall–Kier alpha value is -2.69. The average molecular weight is 465 g/mol. The lowest BCUT2D eigenvalue weighted by Gasteiger charge is -2.29. The molecule has 0 radical (unpaired) electrons. The molecule has 1 aromatic heterocycles. The lowest BCUT2D eigenvalue weighted by molar-refractivity contribution is -0.274. The average Bonchev–Trinajstić information content (AvgIpc) is 3.17. The topological polar surface area (TPSA) is 54.9 Å². The smallest absolute Gasteiger partial charge is 0.406 e. The van der Waals surface area contributed by atoms with Gasteiger partial charge in [-0.25, -0.2) is 4.98 Å². The monoisotopic (exact) mass is 465 g/mol. The molecule has 2 aromatic carbocycles. The van der Waals surface area contributed by atoms with Gasteiger partial charge in [-0.1, -0.05) is 41.7 Å². The van der Waals surface area contributed by atoms with Crippen molar-refractivity contribution in [2.24, 2.45) is 0 Å². The minimum absolute atomic E-state index is 0.115. The van der Waals surface area contributed by atoms with Crippen LogP contribution in [0.1, 0.15) is 5.56 Å². The summed E-state index contributed by atoms with van der Waals surface area (Å²) in [7, 11) is 0. The van der Waals surface area contributed by atoms with Crippen LogP contribution in [0.5, 0.6) is 5.75 Å². The van der Waals surface area contributed by atoms with Gasteiger partial charge in [0, 0.05) is 32.2 Å². The summed E-state index contributed by atoms with van der Waals surface area (Å²) in [5.74, 6) is -0.425. The van der Waals surface area contributed by atoms with E-state index in [-0.39, 0.29) is 18.1 Å². The number of thiazole rings is 1. The number of aromatic nitrogens is 1. The van der Waals surface area contributed by atoms with Crippen molar-refractivity contribution in [3.05, 3.63) is 54.1 Å². The Kier molecular flexibility index (Phi) is 6.92. The van der Waals surface area contributed by atoms with Crippen molar-refractivity contribution in [3.63, 3.8) is 0 Å². The number of hydrogen-bond acceptors (Lipinski definition) is 6. The van der Waals surface area contributed by atoms with E-state index in [0.717, 1.165) is 18.7 Å². The van der Waals surface area contributed by atoms with Gasteiger partial charge in [0.2, 0.25) is 5.91 Å². The van der Waals surface area contributed by atoms with Crippen molar-refractivity contribution >= 4 is 32.6 Å². The fourth-order valence-corrected chi connectivity index (χ4v) is 4.50. The Balaban J connectivity index is 1.57. The zero-order valence-electron chi connectivity index (χ0n) is 17.2. The zero-order chi connectivity index (χ0) is 22.6. The number of carbonyl (C=O) groups excluding carboxylic acids is 1. The molecule has 32 heavy (non-hydrogen) atoms. The van der Waals surface area contributed by atoms with Crippen LogP contribution in [-0.4, -0.2) is 61.5 Å². The molecular weight excluding hydrogens is 443 g/mol. The van der Waals surface area contributed by atoms with E-state index in [1.54, 1.807) is 4.90 Å². The predicted octanol–water partition coefficient (Wildman–Crippen LogP) is 4.10. The van der Waals surface area contributed by atoms with Crippen molar-refractivity contribution in [2.45, 2.75) is 12.8 Å². The van der Waals surface area contributed by atoms with Gasteiger partial charge in [-0.2, -0.15) is 0 Å². The van der Waals surface area contributed by atoms with Crippen molar-refractivity contribution in [2.75, 3.05) is 44.3 Å². The molecule has 6 nitrogen and oxygen atoms in total. The Labute approximate surface area is 187 Å². The minimum atomic E-state index is -4.77. The number of fused-ring (bicyclic) bond motifs is 1. The van der Waals surface area contributed by atoms with Crippen molar-refractivity contribution < 1.29 is 27.4 Å². The molecule has 0 spiro atoms. The number of nitrogens with zero attached hydrogens (tertiary/aromatic N) is 3. The fourth-order valence-electron chi connectivity index (χ4n) is 3.46. The fraction of sp³-hybridized carbons (Fsp3) is 0.364. The van der Waals surface area contributed by atoms with E-state index in [2.05, 4.69) is 14.6 Å². The third kappa shape index (κ3) is 5.96. The van der Waals surface area contributed by atoms with E-state index in [0.29, 0.717) is 41.7 Å². The molecule has 0 aliphatic carbocycles. The highest BCUT2D eigenvalue weighted by Gasteiger charge is 2.31. The molecule has 2 heterocycles. The van der Waals surface area contributed by atoms with Gasteiger partial charge < -0.3 is 9.47 Å². The molecule has 1 aliphatic rings. The van der Waals surface area contributed by atoms with E-state index in [9.17, 15) is 18.0 Å². The molecule has 170 valence electrons. The van der Waals surface area contributed by atoms with Gasteiger partial charge in [-0.3, -0.25) is 14.6 Å². The summed E-state index contributed by atoms with van der Waals surface area (Å²) in [5.41, 5.74) is 1.40. The summed E-state index contributed by atoms with van der Waals surface area (Å²) in [6.07, 6.45) is -4.56. The third-order valence-electron chi connectivity index (χ3n) is 5.06. The van der Waals surface area contributed by atoms with E-state index in [4.69, 9.17) is 4.74 Å². The molecule has 1 saturated heterocycles. The molecule has 1 amide bonds. The van der Waals surface area contributed by atoms with Crippen molar-refractivity contribution in [3.8, 4) is 5.75 Å². The maximum Gasteiger partial charge on any atom is 0.573 e. The quantitative estimate of drug-likeness (QED) is 0.526. The summed E-state index contributed by atoms with van der Waals surface area (Å²) < 4.78 is 47.6. The predicted molar refractivity (Wildman–Crippen MR) is 116 cm³/mol. The molecular formula is C22H22F3N3O3S. The highest BCUT2D eigenvalue weighted by molar-refractivity contribution is 7.22. The first kappa shape index (κ1) is 22.5. The van der Waals surface area contributed by atoms with Gasteiger partial charge in [-0.15, -0.1) is 13.2 Å².